The topological polar surface area (TPSA) is 47.0 Å². The summed E-state index contributed by atoms with van der Waals surface area (Å²) in [7, 11) is 1.63. The minimum Gasteiger partial charge on any atom is -0.497 e. The third-order valence-electron chi connectivity index (χ3n) is 3.52. The predicted octanol–water partition coefficient (Wildman–Crippen LogP) is 3.74. The first kappa shape index (κ1) is 14.0. The van der Waals surface area contributed by atoms with Crippen molar-refractivity contribution >= 4 is 33.8 Å². The number of thiophene rings is 1. The molecule has 0 aliphatic rings. The molecule has 2 aromatic heterocycles. The molecule has 0 fully saturated rings. The van der Waals surface area contributed by atoms with Gasteiger partial charge in [0.05, 0.1) is 18.7 Å². The summed E-state index contributed by atoms with van der Waals surface area (Å²) in [4.78, 5) is 15.7. The van der Waals surface area contributed by atoms with Crippen LogP contribution in [-0.4, -0.2) is 16.7 Å². The highest BCUT2D eigenvalue weighted by atomic mass is 32.1. The van der Waals surface area contributed by atoms with Gasteiger partial charge in [0.1, 0.15) is 10.4 Å². The third-order valence-corrected chi connectivity index (χ3v) is 4.73. The summed E-state index contributed by atoms with van der Waals surface area (Å²) < 4.78 is 7.91. The van der Waals surface area contributed by atoms with Crippen molar-refractivity contribution in [1.82, 2.24) is 9.55 Å². The monoisotopic (exact) mass is 318 g/mol. The Morgan fingerprint density at radius 2 is 2.00 bits per heavy atom. The summed E-state index contributed by atoms with van der Waals surface area (Å²) in [5.74, 6) is 0.789. The van der Waals surface area contributed by atoms with E-state index >= 15 is 0 Å². The molecule has 2 heterocycles. The van der Waals surface area contributed by atoms with Crippen molar-refractivity contribution in [1.29, 1.82) is 0 Å². The molecule has 1 N–H and O–H groups in total. The standard InChI is InChI=1S/C15H14N2O2S2/c1-9(10-3-5-11(19-2)6-4-10)17-14(18)13-12(7-8-21-13)16-15(17)20/h3-9H,1-2H3,(H,16,20). The number of hydrogen-bond donors (Lipinski definition) is 1. The third kappa shape index (κ3) is 2.41. The van der Waals surface area contributed by atoms with Gasteiger partial charge < -0.3 is 9.72 Å². The zero-order valence-electron chi connectivity index (χ0n) is 11.6. The Morgan fingerprint density at radius 3 is 2.67 bits per heavy atom. The Kier molecular flexibility index (Phi) is 3.65. The first-order chi connectivity index (χ1) is 10.1. The fourth-order valence-corrected chi connectivity index (χ4v) is 3.47. The maximum Gasteiger partial charge on any atom is 0.272 e. The Hall–Kier alpha value is -1.92. The van der Waals surface area contributed by atoms with Gasteiger partial charge in [0.2, 0.25) is 0 Å². The van der Waals surface area contributed by atoms with E-state index in [2.05, 4.69) is 4.98 Å². The van der Waals surface area contributed by atoms with Gasteiger partial charge in [-0.1, -0.05) is 12.1 Å². The number of benzene rings is 1. The minimum absolute atomic E-state index is 0.0490. The number of ether oxygens (including phenoxy) is 1. The second-order valence-electron chi connectivity index (χ2n) is 4.72. The summed E-state index contributed by atoms with van der Waals surface area (Å²) in [5.41, 5.74) is 1.76. The second kappa shape index (κ2) is 5.46. The molecule has 3 aromatic rings. The van der Waals surface area contributed by atoms with Crippen molar-refractivity contribution in [3.63, 3.8) is 0 Å². The SMILES string of the molecule is COc1ccc(C(C)n2c(=S)[nH]c3ccsc3c2=O)cc1. The van der Waals surface area contributed by atoms with Crippen LogP contribution in [0.1, 0.15) is 18.5 Å². The number of hydrogen-bond acceptors (Lipinski definition) is 4. The molecule has 1 aromatic carbocycles. The van der Waals surface area contributed by atoms with Crippen LogP contribution in [0, 0.1) is 4.77 Å². The van der Waals surface area contributed by atoms with Crippen LogP contribution in [0.2, 0.25) is 0 Å². The summed E-state index contributed by atoms with van der Waals surface area (Å²) in [6, 6.07) is 9.39. The van der Waals surface area contributed by atoms with E-state index in [1.54, 1.807) is 11.7 Å². The Morgan fingerprint density at radius 1 is 1.29 bits per heavy atom. The molecule has 0 aliphatic heterocycles. The molecule has 4 nitrogen and oxygen atoms in total. The van der Waals surface area contributed by atoms with Gasteiger partial charge in [-0.3, -0.25) is 9.36 Å². The molecular formula is C15H14N2O2S2. The Bertz CT molecular complexity index is 890. The maximum absolute atomic E-state index is 12.6. The molecule has 0 spiro atoms. The van der Waals surface area contributed by atoms with E-state index in [9.17, 15) is 4.79 Å². The molecule has 1 atom stereocenters. The van der Waals surface area contributed by atoms with Crippen LogP contribution in [0.25, 0.3) is 10.2 Å². The highest BCUT2D eigenvalue weighted by molar-refractivity contribution is 7.71. The maximum atomic E-state index is 12.6. The van der Waals surface area contributed by atoms with E-state index < -0.39 is 0 Å². The van der Waals surface area contributed by atoms with Gasteiger partial charge in [-0.2, -0.15) is 0 Å². The molecule has 3 rings (SSSR count). The lowest BCUT2D eigenvalue weighted by Gasteiger charge is -2.16. The van der Waals surface area contributed by atoms with E-state index in [4.69, 9.17) is 17.0 Å². The molecule has 0 saturated heterocycles. The lowest BCUT2D eigenvalue weighted by Crippen LogP contribution is -2.25. The molecule has 6 heteroatoms. The van der Waals surface area contributed by atoms with Crippen LogP contribution in [0.5, 0.6) is 5.75 Å². The molecular weight excluding hydrogens is 304 g/mol. The largest absolute Gasteiger partial charge is 0.497 e. The van der Waals surface area contributed by atoms with Crippen molar-refractivity contribution < 1.29 is 4.74 Å². The summed E-state index contributed by atoms with van der Waals surface area (Å²) in [6.07, 6.45) is 0. The van der Waals surface area contributed by atoms with Crippen LogP contribution in [-0.2, 0) is 0 Å². The fraction of sp³-hybridized carbons (Fsp3) is 0.200. The smallest absolute Gasteiger partial charge is 0.272 e. The quantitative estimate of drug-likeness (QED) is 0.748. The highest BCUT2D eigenvalue weighted by Gasteiger charge is 2.14. The second-order valence-corrected chi connectivity index (χ2v) is 6.02. The number of nitrogens with zero attached hydrogens (tertiary/aromatic N) is 1. The normalized spacial score (nSPS) is 12.5. The lowest BCUT2D eigenvalue weighted by molar-refractivity contribution is 0.414. The zero-order valence-corrected chi connectivity index (χ0v) is 13.3. The van der Waals surface area contributed by atoms with E-state index in [0.717, 1.165) is 16.8 Å². The molecule has 0 amide bonds. The minimum atomic E-state index is -0.140. The zero-order chi connectivity index (χ0) is 15.0. The van der Waals surface area contributed by atoms with Gasteiger partial charge in [0.15, 0.2) is 4.77 Å². The summed E-state index contributed by atoms with van der Waals surface area (Å²) in [5, 5.41) is 1.89. The summed E-state index contributed by atoms with van der Waals surface area (Å²) >= 11 is 6.77. The van der Waals surface area contributed by atoms with Crippen molar-refractivity contribution in [2.75, 3.05) is 7.11 Å². The number of fused-ring (bicyclic) bond motifs is 1. The molecule has 0 aliphatic carbocycles. The number of rotatable bonds is 3. The van der Waals surface area contributed by atoms with Crippen LogP contribution >= 0.6 is 23.6 Å². The number of nitrogens with one attached hydrogen (secondary N) is 1. The highest BCUT2D eigenvalue weighted by Crippen LogP contribution is 2.22. The van der Waals surface area contributed by atoms with Gasteiger partial charge >= 0.3 is 0 Å². The van der Waals surface area contributed by atoms with Crippen molar-refractivity contribution in [3.05, 3.63) is 56.4 Å². The van der Waals surface area contributed by atoms with Crippen LogP contribution in [0.3, 0.4) is 0 Å². The molecule has 21 heavy (non-hydrogen) atoms. The van der Waals surface area contributed by atoms with Gasteiger partial charge in [0, 0.05) is 0 Å². The molecule has 0 radical (unpaired) electrons. The van der Waals surface area contributed by atoms with Crippen LogP contribution < -0.4 is 10.3 Å². The first-order valence-corrected chi connectivity index (χ1v) is 7.76. The average Bonchev–Trinajstić information content (AvgIpc) is 2.95. The fourth-order valence-electron chi connectivity index (χ4n) is 2.33. The average molecular weight is 318 g/mol. The number of aromatic amines is 1. The Balaban J connectivity index is 2.14. The van der Waals surface area contributed by atoms with Gasteiger partial charge in [-0.15, -0.1) is 11.3 Å². The Labute approximate surface area is 130 Å². The van der Waals surface area contributed by atoms with E-state index in [0.29, 0.717) is 9.47 Å². The van der Waals surface area contributed by atoms with E-state index in [1.807, 2.05) is 42.6 Å². The van der Waals surface area contributed by atoms with E-state index in [-0.39, 0.29) is 11.6 Å². The number of methoxy groups -OCH3 is 1. The van der Waals surface area contributed by atoms with Crippen molar-refractivity contribution in [3.8, 4) is 5.75 Å². The van der Waals surface area contributed by atoms with Gasteiger partial charge in [0.25, 0.3) is 5.56 Å². The number of H-pyrrole nitrogens is 1. The van der Waals surface area contributed by atoms with E-state index in [1.165, 1.54) is 11.3 Å². The molecule has 1 unspecified atom stereocenters. The molecule has 0 saturated carbocycles. The first-order valence-electron chi connectivity index (χ1n) is 6.48. The van der Waals surface area contributed by atoms with Gasteiger partial charge in [-0.05, 0) is 48.3 Å². The van der Waals surface area contributed by atoms with Crippen molar-refractivity contribution in [2.24, 2.45) is 0 Å². The predicted molar refractivity (Wildman–Crippen MR) is 88.1 cm³/mol. The van der Waals surface area contributed by atoms with Crippen LogP contribution in [0.4, 0.5) is 0 Å². The summed E-state index contributed by atoms with van der Waals surface area (Å²) in [6.45, 7) is 1.96. The number of aromatic nitrogens is 2. The van der Waals surface area contributed by atoms with Crippen LogP contribution in [0.15, 0.2) is 40.5 Å². The molecule has 108 valence electrons. The lowest BCUT2D eigenvalue weighted by atomic mass is 10.1. The van der Waals surface area contributed by atoms with Gasteiger partial charge in [-0.25, -0.2) is 0 Å². The molecule has 0 bridgehead atoms. The van der Waals surface area contributed by atoms with Crippen molar-refractivity contribution in [2.45, 2.75) is 13.0 Å².